The first-order valence-corrected chi connectivity index (χ1v) is 6.26. The van der Waals surface area contributed by atoms with Crippen molar-refractivity contribution in [2.24, 2.45) is 0 Å². The fourth-order valence-electron chi connectivity index (χ4n) is 2.03. The van der Waals surface area contributed by atoms with E-state index < -0.39 is 0 Å². The number of phenols is 2. The summed E-state index contributed by atoms with van der Waals surface area (Å²) in [6, 6.07) is 13.9. The molecule has 0 aliphatic carbocycles. The Morgan fingerprint density at radius 1 is 1.14 bits per heavy atom. The van der Waals surface area contributed by atoms with Gasteiger partial charge in [-0.1, -0.05) is 18.2 Å². The van der Waals surface area contributed by atoms with E-state index in [9.17, 15) is 15.5 Å². The summed E-state index contributed by atoms with van der Waals surface area (Å²) in [7, 11) is 0. The van der Waals surface area contributed by atoms with Gasteiger partial charge in [0.2, 0.25) is 0 Å². The molecule has 5 heteroatoms. The highest BCUT2D eigenvalue weighted by molar-refractivity contribution is 5.90. The molecule has 21 heavy (non-hydrogen) atoms. The van der Waals surface area contributed by atoms with Crippen LogP contribution in [0.25, 0.3) is 22.7 Å². The van der Waals surface area contributed by atoms with Crippen molar-refractivity contribution in [3.05, 3.63) is 53.9 Å². The van der Waals surface area contributed by atoms with Gasteiger partial charge >= 0.3 is 0 Å². The van der Waals surface area contributed by atoms with Crippen LogP contribution in [0.15, 0.2) is 42.5 Å². The number of fused-ring (bicyclic) bond motifs is 1. The van der Waals surface area contributed by atoms with Crippen LogP contribution in [0.4, 0.5) is 0 Å². The molecule has 0 bridgehead atoms. The maximum Gasteiger partial charge on any atom is 0.157 e. The predicted molar refractivity (Wildman–Crippen MR) is 79.3 cm³/mol. The summed E-state index contributed by atoms with van der Waals surface area (Å²) in [5.74, 6) is 0.0336. The van der Waals surface area contributed by atoms with Gasteiger partial charge in [-0.3, -0.25) is 0 Å². The first-order valence-electron chi connectivity index (χ1n) is 6.26. The summed E-state index contributed by atoms with van der Waals surface area (Å²) < 4.78 is 0. The van der Waals surface area contributed by atoms with Crippen molar-refractivity contribution in [3.8, 4) is 17.6 Å². The minimum Gasteiger partial charge on any atom is -0.504 e. The van der Waals surface area contributed by atoms with Crippen molar-refractivity contribution in [1.29, 1.82) is 5.26 Å². The van der Waals surface area contributed by atoms with Crippen molar-refractivity contribution in [2.45, 2.75) is 0 Å². The molecule has 102 valence electrons. The van der Waals surface area contributed by atoms with Crippen molar-refractivity contribution in [1.82, 2.24) is 9.97 Å². The molecule has 0 spiro atoms. The number of aromatic hydroxyl groups is 2. The molecule has 0 unspecified atom stereocenters. The van der Waals surface area contributed by atoms with Crippen molar-refractivity contribution >= 4 is 22.7 Å². The largest absolute Gasteiger partial charge is 0.504 e. The van der Waals surface area contributed by atoms with Gasteiger partial charge in [0.05, 0.1) is 16.6 Å². The molecular formula is C16H11N3O2. The summed E-state index contributed by atoms with van der Waals surface area (Å²) in [4.78, 5) is 7.44. The van der Waals surface area contributed by atoms with Crippen molar-refractivity contribution < 1.29 is 10.2 Å². The number of hydrogen-bond acceptors (Lipinski definition) is 4. The van der Waals surface area contributed by atoms with E-state index >= 15 is 0 Å². The van der Waals surface area contributed by atoms with Gasteiger partial charge in [0.1, 0.15) is 11.9 Å². The quantitative estimate of drug-likeness (QED) is 0.496. The number of rotatable bonds is 2. The molecule has 0 radical (unpaired) electrons. The number of phenolic OH excluding ortho intramolecular Hbond substituents is 2. The van der Waals surface area contributed by atoms with Crippen molar-refractivity contribution in [3.63, 3.8) is 0 Å². The molecule has 0 atom stereocenters. The lowest BCUT2D eigenvalue weighted by atomic mass is 10.1. The van der Waals surface area contributed by atoms with Crippen LogP contribution in [0.2, 0.25) is 0 Å². The topological polar surface area (TPSA) is 92.9 Å². The third-order valence-corrected chi connectivity index (χ3v) is 3.08. The summed E-state index contributed by atoms with van der Waals surface area (Å²) in [5, 5.41) is 28.1. The average Bonchev–Trinajstić information content (AvgIpc) is 2.92. The molecule has 3 aromatic rings. The fraction of sp³-hybridized carbons (Fsp3) is 0. The van der Waals surface area contributed by atoms with E-state index in [0.29, 0.717) is 17.0 Å². The Hall–Kier alpha value is -3.26. The summed E-state index contributed by atoms with van der Waals surface area (Å²) in [6.45, 7) is 0. The molecule has 0 fully saturated rings. The third-order valence-electron chi connectivity index (χ3n) is 3.08. The first-order chi connectivity index (χ1) is 10.2. The van der Waals surface area contributed by atoms with Gasteiger partial charge in [0, 0.05) is 0 Å². The van der Waals surface area contributed by atoms with Crippen LogP contribution >= 0.6 is 0 Å². The van der Waals surface area contributed by atoms with Gasteiger partial charge in [0.25, 0.3) is 0 Å². The van der Waals surface area contributed by atoms with Crippen LogP contribution in [-0.4, -0.2) is 20.2 Å². The number of aromatic amines is 1. The maximum absolute atomic E-state index is 9.49. The number of nitriles is 1. The molecule has 3 N–H and O–H groups in total. The lowest BCUT2D eigenvalue weighted by molar-refractivity contribution is 0.403. The number of allylic oxidation sites excluding steroid dienone is 1. The normalized spacial score (nSPS) is 11.5. The molecule has 0 saturated heterocycles. The Morgan fingerprint density at radius 2 is 1.95 bits per heavy atom. The SMILES string of the molecule is N#CC(=Cc1ccc(O)c(O)c1)c1nc2ccccc2[nH]1. The van der Waals surface area contributed by atoms with E-state index in [-0.39, 0.29) is 11.5 Å². The number of aromatic nitrogens is 2. The molecule has 0 saturated carbocycles. The molecule has 2 aromatic carbocycles. The molecular weight excluding hydrogens is 266 g/mol. The Labute approximate surface area is 120 Å². The zero-order valence-electron chi connectivity index (χ0n) is 10.9. The van der Waals surface area contributed by atoms with E-state index in [2.05, 4.69) is 16.0 Å². The third kappa shape index (κ3) is 2.42. The monoisotopic (exact) mass is 277 g/mol. The van der Waals surface area contributed by atoms with Gasteiger partial charge in [0.15, 0.2) is 11.5 Å². The van der Waals surface area contributed by atoms with E-state index in [0.717, 1.165) is 11.0 Å². The Balaban J connectivity index is 2.06. The zero-order chi connectivity index (χ0) is 14.8. The zero-order valence-corrected chi connectivity index (χ0v) is 10.9. The highest BCUT2D eigenvalue weighted by Crippen LogP contribution is 2.27. The Bertz CT molecular complexity index is 855. The maximum atomic E-state index is 9.49. The van der Waals surface area contributed by atoms with Gasteiger partial charge in [-0.05, 0) is 35.9 Å². The first kappa shape index (κ1) is 12.8. The summed E-state index contributed by atoms with van der Waals surface area (Å²) in [5.41, 5.74) is 2.57. The lowest BCUT2D eigenvalue weighted by Gasteiger charge is -1.99. The van der Waals surface area contributed by atoms with Crippen LogP contribution in [-0.2, 0) is 0 Å². The second-order valence-corrected chi connectivity index (χ2v) is 4.52. The number of imidazole rings is 1. The molecule has 0 aliphatic heterocycles. The second-order valence-electron chi connectivity index (χ2n) is 4.52. The van der Waals surface area contributed by atoms with Crippen LogP contribution in [0.1, 0.15) is 11.4 Å². The van der Waals surface area contributed by atoms with E-state index in [4.69, 9.17) is 0 Å². The minimum absolute atomic E-state index is 0.200. The molecule has 0 amide bonds. The minimum atomic E-state index is -0.231. The van der Waals surface area contributed by atoms with E-state index in [1.54, 1.807) is 12.1 Å². The summed E-state index contributed by atoms with van der Waals surface area (Å²) in [6.07, 6.45) is 1.59. The Morgan fingerprint density at radius 3 is 2.67 bits per heavy atom. The molecule has 1 heterocycles. The predicted octanol–water partition coefficient (Wildman–Crippen LogP) is 3.04. The summed E-state index contributed by atoms with van der Waals surface area (Å²) >= 11 is 0. The van der Waals surface area contributed by atoms with Crippen LogP contribution in [0.3, 0.4) is 0 Å². The number of nitrogens with one attached hydrogen (secondary N) is 1. The molecule has 3 rings (SSSR count). The Kier molecular flexibility index (Phi) is 3.05. The molecule has 5 nitrogen and oxygen atoms in total. The van der Waals surface area contributed by atoms with E-state index in [1.165, 1.54) is 12.1 Å². The van der Waals surface area contributed by atoms with Crippen LogP contribution in [0, 0.1) is 11.3 Å². The lowest BCUT2D eigenvalue weighted by Crippen LogP contribution is -1.85. The molecule has 0 aliphatic rings. The van der Waals surface area contributed by atoms with Gasteiger partial charge in [-0.2, -0.15) is 5.26 Å². The van der Waals surface area contributed by atoms with Crippen LogP contribution in [0.5, 0.6) is 11.5 Å². The fourth-order valence-corrected chi connectivity index (χ4v) is 2.03. The standard InChI is InChI=1S/C16H11N3O2/c17-9-11(7-10-5-6-14(20)15(21)8-10)16-18-12-3-1-2-4-13(12)19-16/h1-8,20-21H,(H,18,19). The average molecular weight is 277 g/mol. The molecule has 1 aromatic heterocycles. The smallest absolute Gasteiger partial charge is 0.157 e. The number of H-pyrrole nitrogens is 1. The van der Waals surface area contributed by atoms with Crippen LogP contribution < -0.4 is 0 Å². The number of hydrogen-bond donors (Lipinski definition) is 3. The van der Waals surface area contributed by atoms with Gasteiger partial charge < -0.3 is 15.2 Å². The van der Waals surface area contributed by atoms with Crippen molar-refractivity contribution in [2.75, 3.05) is 0 Å². The highest BCUT2D eigenvalue weighted by atomic mass is 16.3. The second kappa shape index (κ2) is 5.02. The number of benzene rings is 2. The number of para-hydroxylation sites is 2. The van der Waals surface area contributed by atoms with Gasteiger partial charge in [-0.25, -0.2) is 4.98 Å². The van der Waals surface area contributed by atoms with Gasteiger partial charge in [-0.15, -0.1) is 0 Å². The number of nitrogens with zero attached hydrogens (tertiary/aromatic N) is 2. The van der Waals surface area contributed by atoms with E-state index in [1.807, 2.05) is 24.3 Å². The highest BCUT2D eigenvalue weighted by Gasteiger charge is 2.08.